The van der Waals surface area contributed by atoms with Crippen LogP contribution in [0.25, 0.3) is 5.57 Å². The van der Waals surface area contributed by atoms with Gasteiger partial charge in [-0.1, -0.05) is 30.7 Å². The lowest BCUT2D eigenvalue weighted by molar-refractivity contribution is 0.415. The Morgan fingerprint density at radius 1 is 1.39 bits per heavy atom. The van der Waals surface area contributed by atoms with E-state index in [2.05, 4.69) is 25.2 Å². The first-order valence-electron chi connectivity index (χ1n) is 6.40. The van der Waals surface area contributed by atoms with E-state index in [4.69, 9.17) is 16.3 Å². The molecule has 0 amide bonds. The maximum atomic E-state index is 6.01. The van der Waals surface area contributed by atoms with Crippen LogP contribution in [0.4, 0.5) is 0 Å². The summed E-state index contributed by atoms with van der Waals surface area (Å²) in [4.78, 5) is 0. The van der Waals surface area contributed by atoms with Crippen LogP contribution < -0.4 is 10.1 Å². The number of halogens is 1. The van der Waals surface area contributed by atoms with E-state index < -0.39 is 0 Å². The van der Waals surface area contributed by atoms with E-state index in [1.807, 2.05) is 18.2 Å². The molecule has 0 radical (unpaired) electrons. The van der Waals surface area contributed by atoms with Crippen LogP contribution in [0.2, 0.25) is 5.02 Å². The zero-order valence-corrected chi connectivity index (χ0v) is 12.2. The summed E-state index contributed by atoms with van der Waals surface area (Å²) in [6.07, 6.45) is 4.46. The Morgan fingerprint density at radius 3 is 2.83 bits per heavy atom. The zero-order valence-electron chi connectivity index (χ0n) is 11.4. The molecule has 0 bridgehead atoms. The first-order valence-corrected chi connectivity index (χ1v) is 6.78. The number of benzene rings is 1. The van der Waals surface area contributed by atoms with Gasteiger partial charge >= 0.3 is 0 Å². The molecular weight excluding hydrogens is 246 g/mol. The van der Waals surface area contributed by atoms with Crippen molar-refractivity contribution < 1.29 is 4.74 Å². The third-order valence-corrected chi connectivity index (χ3v) is 3.12. The van der Waals surface area contributed by atoms with E-state index in [1.54, 1.807) is 7.11 Å². The number of ether oxygens (including phenoxy) is 1. The van der Waals surface area contributed by atoms with Gasteiger partial charge in [-0.05, 0) is 56.1 Å². The number of methoxy groups -OCH3 is 1. The van der Waals surface area contributed by atoms with Crippen molar-refractivity contribution >= 4 is 17.2 Å². The Bertz CT molecular complexity index is 401. The number of nitrogens with one attached hydrogen (secondary N) is 1. The molecule has 2 nitrogen and oxygen atoms in total. The van der Waals surface area contributed by atoms with E-state index in [-0.39, 0.29) is 0 Å². The van der Waals surface area contributed by atoms with Crippen LogP contribution in [-0.4, -0.2) is 20.2 Å². The fraction of sp³-hybridized carbons (Fsp3) is 0.467. The van der Waals surface area contributed by atoms with Gasteiger partial charge in [0.1, 0.15) is 5.75 Å². The van der Waals surface area contributed by atoms with Gasteiger partial charge in [0.2, 0.25) is 0 Å². The number of rotatable bonds is 7. The Morgan fingerprint density at radius 2 is 2.17 bits per heavy atom. The zero-order chi connectivity index (χ0) is 13.4. The second-order valence-electron chi connectivity index (χ2n) is 4.28. The molecule has 0 aliphatic carbocycles. The SMILES string of the molecule is CCCNCCC=C(C)c1ccc(Cl)c(OC)c1. The van der Waals surface area contributed by atoms with E-state index in [0.717, 1.165) is 30.8 Å². The molecule has 0 atom stereocenters. The Hall–Kier alpha value is -0.990. The first kappa shape index (κ1) is 15.1. The predicted molar refractivity (Wildman–Crippen MR) is 79.4 cm³/mol. The highest BCUT2D eigenvalue weighted by Gasteiger charge is 2.02. The molecule has 0 saturated carbocycles. The summed E-state index contributed by atoms with van der Waals surface area (Å²) in [7, 11) is 1.64. The monoisotopic (exact) mass is 267 g/mol. The number of hydrogen-bond donors (Lipinski definition) is 1. The Labute approximate surface area is 115 Å². The second kappa shape index (κ2) is 8.17. The summed E-state index contributed by atoms with van der Waals surface area (Å²) in [5.41, 5.74) is 2.41. The standard InChI is InChI=1S/C15H22ClNO/c1-4-9-17-10-5-6-12(2)13-7-8-14(16)15(11-13)18-3/h6-8,11,17H,4-5,9-10H2,1-3H3. The minimum absolute atomic E-state index is 0.652. The van der Waals surface area contributed by atoms with Crippen molar-refractivity contribution in [3.63, 3.8) is 0 Å². The fourth-order valence-electron chi connectivity index (χ4n) is 1.72. The molecule has 1 N–H and O–H groups in total. The van der Waals surface area contributed by atoms with Gasteiger partial charge in [-0.2, -0.15) is 0 Å². The van der Waals surface area contributed by atoms with Crippen LogP contribution in [0.3, 0.4) is 0 Å². The molecule has 0 fully saturated rings. The van der Waals surface area contributed by atoms with Crippen LogP contribution in [0.15, 0.2) is 24.3 Å². The van der Waals surface area contributed by atoms with Crippen molar-refractivity contribution in [1.29, 1.82) is 0 Å². The van der Waals surface area contributed by atoms with Crippen LogP contribution in [0.1, 0.15) is 32.3 Å². The molecule has 18 heavy (non-hydrogen) atoms. The van der Waals surface area contributed by atoms with Gasteiger partial charge in [0.05, 0.1) is 12.1 Å². The van der Waals surface area contributed by atoms with Crippen molar-refractivity contribution in [2.75, 3.05) is 20.2 Å². The summed E-state index contributed by atoms with van der Waals surface area (Å²) in [6, 6.07) is 5.88. The molecule has 0 spiro atoms. The third kappa shape index (κ3) is 4.71. The maximum absolute atomic E-state index is 6.01. The average Bonchev–Trinajstić information content (AvgIpc) is 2.38. The van der Waals surface area contributed by atoms with Crippen molar-refractivity contribution in [3.8, 4) is 5.75 Å². The van der Waals surface area contributed by atoms with Crippen molar-refractivity contribution in [2.24, 2.45) is 0 Å². The van der Waals surface area contributed by atoms with Crippen LogP contribution in [0, 0.1) is 0 Å². The molecule has 0 aliphatic heterocycles. The topological polar surface area (TPSA) is 21.3 Å². The normalized spacial score (nSPS) is 11.7. The van der Waals surface area contributed by atoms with Crippen LogP contribution in [-0.2, 0) is 0 Å². The quantitative estimate of drug-likeness (QED) is 0.750. The highest BCUT2D eigenvalue weighted by molar-refractivity contribution is 6.32. The van der Waals surface area contributed by atoms with Gasteiger partial charge in [-0.15, -0.1) is 0 Å². The summed E-state index contributed by atoms with van der Waals surface area (Å²) < 4.78 is 5.22. The number of allylic oxidation sites excluding steroid dienone is 1. The van der Waals surface area contributed by atoms with Gasteiger partial charge < -0.3 is 10.1 Å². The van der Waals surface area contributed by atoms with Crippen molar-refractivity contribution in [2.45, 2.75) is 26.7 Å². The Kier molecular flexibility index (Phi) is 6.84. The fourth-order valence-corrected chi connectivity index (χ4v) is 1.91. The second-order valence-corrected chi connectivity index (χ2v) is 4.68. The molecule has 0 heterocycles. The summed E-state index contributed by atoms with van der Waals surface area (Å²) in [6.45, 7) is 6.40. The van der Waals surface area contributed by atoms with E-state index >= 15 is 0 Å². The average molecular weight is 268 g/mol. The minimum Gasteiger partial charge on any atom is -0.495 e. The van der Waals surface area contributed by atoms with Crippen molar-refractivity contribution in [1.82, 2.24) is 5.32 Å². The number of hydrogen-bond acceptors (Lipinski definition) is 2. The highest BCUT2D eigenvalue weighted by Crippen LogP contribution is 2.28. The Balaban J connectivity index is 2.60. The van der Waals surface area contributed by atoms with E-state index in [1.165, 1.54) is 12.0 Å². The largest absolute Gasteiger partial charge is 0.495 e. The molecule has 1 rings (SSSR count). The highest BCUT2D eigenvalue weighted by atomic mass is 35.5. The van der Waals surface area contributed by atoms with Gasteiger partial charge in [0.15, 0.2) is 0 Å². The van der Waals surface area contributed by atoms with Gasteiger partial charge in [0.25, 0.3) is 0 Å². The van der Waals surface area contributed by atoms with E-state index in [9.17, 15) is 0 Å². The molecular formula is C15H22ClNO. The smallest absolute Gasteiger partial charge is 0.138 e. The molecule has 3 heteroatoms. The molecule has 1 aromatic carbocycles. The third-order valence-electron chi connectivity index (χ3n) is 2.80. The lowest BCUT2D eigenvalue weighted by Crippen LogP contribution is -2.15. The summed E-state index contributed by atoms with van der Waals surface area (Å²) in [5, 5.41) is 4.03. The molecule has 1 aromatic rings. The molecule has 0 aromatic heterocycles. The van der Waals surface area contributed by atoms with Crippen LogP contribution >= 0.6 is 11.6 Å². The molecule has 100 valence electrons. The lowest BCUT2D eigenvalue weighted by atomic mass is 10.1. The predicted octanol–water partition coefficient (Wildman–Crippen LogP) is 4.14. The van der Waals surface area contributed by atoms with Gasteiger partial charge in [0, 0.05) is 0 Å². The summed E-state index contributed by atoms with van der Waals surface area (Å²) in [5.74, 6) is 0.728. The maximum Gasteiger partial charge on any atom is 0.138 e. The minimum atomic E-state index is 0.652. The lowest BCUT2D eigenvalue weighted by Gasteiger charge is -2.07. The molecule has 0 aliphatic rings. The van der Waals surface area contributed by atoms with Gasteiger partial charge in [-0.3, -0.25) is 0 Å². The van der Waals surface area contributed by atoms with Crippen molar-refractivity contribution in [3.05, 3.63) is 34.9 Å². The summed E-state index contributed by atoms with van der Waals surface area (Å²) >= 11 is 6.01. The van der Waals surface area contributed by atoms with E-state index in [0.29, 0.717) is 5.02 Å². The first-order chi connectivity index (χ1) is 8.69. The van der Waals surface area contributed by atoms with Gasteiger partial charge in [-0.25, -0.2) is 0 Å². The van der Waals surface area contributed by atoms with Crippen LogP contribution in [0.5, 0.6) is 5.75 Å². The molecule has 0 saturated heterocycles. The molecule has 0 unspecified atom stereocenters.